The van der Waals surface area contributed by atoms with Crippen LogP contribution in [0, 0.1) is 42.2 Å². The van der Waals surface area contributed by atoms with Crippen LogP contribution in [0.25, 0.3) is 21.8 Å². The van der Waals surface area contributed by atoms with Crippen molar-refractivity contribution < 1.29 is 18.4 Å². The SMILES string of the molecule is C.CCC(=O)C(C)C1CCC(c2ccnc3ccc(F)cc23)CC1.Cc1ccc(CC(=O)C(C)C2CCC(c3ccnc4ccc(F)cc34)CC2)cc1. The number of hydrogen-bond donors (Lipinski definition) is 0. The maximum atomic E-state index is 13.8. The summed E-state index contributed by atoms with van der Waals surface area (Å²) < 4.78 is 27.4. The number of ketones is 2. The summed E-state index contributed by atoms with van der Waals surface area (Å²) in [5, 5.41) is 1.87. The molecular formula is C47H56F2N2O2. The second-order valence-electron chi connectivity index (χ2n) is 15.4. The topological polar surface area (TPSA) is 59.9 Å². The highest BCUT2D eigenvalue weighted by atomic mass is 19.1. The fourth-order valence-electron chi connectivity index (χ4n) is 8.77. The molecule has 0 spiro atoms. The number of Topliss-reactive ketones (excluding diaryl/α,β-unsaturated/α-hetero) is 2. The predicted molar refractivity (Wildman–Crippen MR) is 213 cm³/mol. The molecule has 0 bridgehead atoms. The maximum absolute atomic E-state index is 13.8. The summed E-state index contributed by atoms with van der Waals surface area (Å²) in [7, 11) is 0. The average Bonchev–Trinajstić information content (AvgIpc) is 3.17. The Morgan fingerprint density at radius 3 is 1.51 bits per heavy atom. The van der Waals surface area contributed by atoms with E-state index >= 15 is 0 Å². The summed E-state index contributed by atoms with van der Waals surface area (Å²) >= 11 is 0. The molecule has 6 heteroatoms. The van der Waals surface area contributed by atoms with Crippen molar-refractivity contribution in [1.29, 1.82) is 0 Å². The Hall–Kier alpha value is -4.32. The Morgan fingerprint density at radius 2 is 1.08 bits per heavy atom. The molecule has 2 atom stereocenters. The van der Waals surface area contributed by atoms with Crippen LogP contribution in [0.15, 0.2) is 85.2 Å². The highest BCUT2D eigenvalue weighted by Crippen LogP contribution is 2.42. The Morgan fingerprint density at radius 1 is 0.642 bits per heavy atom. The smallest absolute Gasteiger partial charge is 0.140 e. The zero-order valence-corrected chi connectivity index (χ0v) is 31.1. The fourth-order valence-corrected chi connectivity index (χ4v) is 8.77. The lowest BCUT2D eigenvalue weighted by Crippen LogP contribution is -2.26. The number of aryl methyl sites for hydroxylation is 1. The Bertz CT molecular complexity index is 1990. The summed E-state index contributed by atoms with van der Waals surface area (Å²) in [6, 6.07) is 22.0. The molecule has 0 radical (unpaired) electrons. The summed E-state index contributed by atoms with van der Waals surface area (Å²) in [6.45, 7) is 8.18. The number of rotatable bonds is 9. The van der Waals surface area contributed by atoms with E-state index in [9.17, 15) is 18.4 Å². The van der Waals surface area contributed by atoms with E-state index in [2.05, 4.69) is 55.0 Å². The molecule has 3 aromatic carbocycles. The number of aromatic nitrogens is 2. The van der Waals surface area contributed by atoms with Crippen LogP contribution in [0.3, 0.4) is 0 Å². The van der Waals surface area contributed by atoms with Gasteiger partial charge in [0, 0.05) is 47.8 Å². The van der Waals surface area contributed by atoms with Crippen LogP contribution >= 0.6 is 0 Å². The molecule has 0 amide bonds. The van der Waals surface area contributed by atoms with Crippen LogP contribution in [0.1, 0.15) is 120 Å². The van der Waals surface area contributed by atoms with Gasteiger partial charge in [-0.3, -0.25) is 19.6 Å². The van der Waals surface area contributed by atoms with Crippen molar-refractivity contribution in [3.63, 3.8) is 0 Å². The molecule has 5 aromatic rings. The molecule has 2 aliphatic carbocycles. The summed E-state index contributed by atoms with van der Waals surface area (Å²) in [5.74, 6) is 2.37. The minimum Gasteiger partial charge on any atom is -0.299 e. The van der Waals surface area contributed by atoms with Gasteiger partial charge in [-0.2, -0.15) is 0 Å². The Kier molecular flexibility index (Phi) is 13.6. The van der Waals surface area contributed by atoms with E-state index in [1.165, 1.54) is 28.8 Å². The zero-order valence-electron chi connectivity index (χ0n) is 31.1. The Labute approximate surface area is 314 Å². The molecule has 2 fully saturated rings. The van der Waals surface area contributed by atoms with Crippen molar-refractivity contribution >= 4 is 33.4 Å². The monoisotopic (exact) mass is 718 g/mol. The normalized spacial score (nSPS) is 21.2. The van der Waals surface area contributed by atoms with Crippen LogP contribution < -0.4 is 0 Å². The first-order valence-electron chi connectivity index (χ1n) is 19.3. The number of carbonyl (C=O) groups is 2. The van der Waals surface area contributed by atoms with Gasteiger partial charge in [-0.05, 0) is 147 Å². The van der Waals surface area contributed by atoms with E-state index in [1.807, 2.05) is 31.5 Å². The number of fused-ring (bicyclic) bond motifs is 2. The van der Waals surface area contributed by atoms with Crippen LogP contribution in [0.2, 0.25) is 0 Å². The van der Waals surface area contributed by atoms with Crippen LogP contribution in [0.4, 0.5) is 8.78 Å². The van der Waals surface area contributed by atoms with Crippen molar-refractivity contribution in [1.82, 2.24) is 9.97 Å². The summed E-state index contributed by atoms with van der Waals surface area (Å²) in [5.41, 5.74) is 6.45. The van der Waals surface area contributed by atoms with E-state index < -0.39 is 0 Å². The van der Waals surface area contributed by atoms with Gasteiger partial charge in [0.15, 0.2) is 0 Å². The average molecular weight is 719 g/mol. The molecule has 53 heavy (non-hydrogen) atoms. The molecule has 2 heterocycles. The van der Waals surface area contributed by atoms with E-state index in [0.29, 0.717) is 48.1 Å². The standard InChI is InChI=1S/C26H28FNO.C20H24FNO.CH4/c1-17-3-5-19(6-4-17)15-26(29)18(2)20-7-9-21(10-8-20)23-13-14-28-25-12-11-22(27)16-24(23)25;1-3-20(23)13(2)14-4-6-15(7-5-14)17-10-11-22-19-9-8-16(21)12-18(17)19;/h3-6,11-14,16,18,20-21H,7-10,15H2,1-2H3;8-15H,3-7H2,1-2H3;1H4. The molecule has 2 saturated carbocycles. The lowest BCUT2D eigenvalue weighted by molar-refractivity contribution is -0.124. The Balaban J connectivity index is 0.000000206. The van der Waals surface area contributed by atoms with Crippen LogP contribution in [-0.4, -0.2) is 21.5 Å². The largest absolute Gasteiger partial charge is 0.299 e. The summed E-state index contributed by atoms with van der Waals surface area (Å²) in [4.78, 5) is 33.5. The van der Waals surface area contributed by atoms with Gasteiger partial charge in [0.2, 0.25) is 0 Å². The number of halogens is 2. The number of hydrogen-bond acceptors (Lipinski definition) is 4. The second kappa shape index (κ2) is 18.1. The maximum Gasteiger partial charge on any atom is 0.140 e. The molecule has 280 valence electrons. The molecule has 2 aliphatic rings. The third-order valence-corrected chi connectivity index (χ3v) is 12.2. The molecule has 2 aromatic heterocycles. The number of carbonyl (C=O) groups excluding carboxylic acids is 2. The minimum absolute atomic E-state index is 0. The lowest BCUT2D eigenvalue weighted by atomic mass is 9.72. The second-order valence-corrected chi connectivity index (χ2v) is 15.4. The predicted octanol–water partition coefficient (Wildman–Crippen LogP) is 12.3. The van der Waals surface area contributed by atoms with E-state index in [4.69, 9.17) is 0 Å². The molecule has 0 saturated heterocycles. The van der Waals surface area contributed by atoms with Gasteiger partial charge in [0.1, 0.15) is 23.2 Å². The van der Waals surface area contributed by atoms with Crippen LogP contribution in [0.5, 0.6) is 0 Å². The van der Waals surface area contributed by atoms with Crippen molar-refractivity contribution in [3.05, 3.63) is 119 Å². The van der Waals surface area contributed by atoms with Crippen molar-refractivity contribution in [2.45, 2.75) is 111 Å². The first kappa shape index (κ1) is 39.9. The first-order valence-corrected chi connectivity index (χ1v) is 19.3. The van der Waals surface area contributed by atoms with Gasteiger partial charge < -0.3 is 0 Å². The van der Waals surface area contributed by atoms with Crippen molar-refractivity contribution in [2.24, 2.45) is 23.7 Å². The zero-order chi connectivity index (χ0) is 36.8. The number of benzene rings is 3. The van der Waals surface area contributed by atoms with Crippen molar-refractivity contribution in [2.75, 3.05) is 0 Å². The van der Waals surface area contributed by atoms with Crippen molar-refractivity contribution in [3.8, 4) is 0 Å². The van der Waals surface area contributed by atoms with E-state index in [0.717, 1.165) is 78.7 Å². The molecule has 7 rings (SSSR count). The molecule has 2 unspecified atom stereocenters. The molecule has 0 aliphatic heterocycles. The first-order chi connectivity index (χ1) is 25.1. The quantitative estimate of drug-likeness (QED) is 0.152. The third-order valence-electron chi connectivity index (χ3n) is 12.2. The van der Waals surface area contributed by atoms with Gasteiger partial charge in [-0.15, -0.1) is 0 Å². The fraction of sp³-hybridized carbons (Fsp3) is 0.447. The summed E-state index contributed by atoms with van der Waals surface area (Å²) in [6.07, 6.45) is 13.3. The molecule has 0 N–H and O–H groups in total. The third kappa shape index (κ3) is 9.62. The minimum atomic E-state index is -0.212. The number of pyridine rings is 2. The van der Waals surface area contributed by atoms with Gasteiger partial charge in [-0.1, -0.05) is 58.0 Å². The van der Waals surface area contributed by atoms with E-state index in [-0.39, 0.29) is 30.9 Å². The molecular weight excluding hydrogens is 663 g/mol. The highest BCUT2D eigenvalue weighted by Gasteiger charge is 2.31. The van der Waals surface area contributed by atoms with Gasteiger partial charge in [-0.25, -0.2) is 8.78 Å². The highest BCUT2D eigenvalue weighted by molar-refractivity contribution is 5.84. The van der Waals surface area contributed by atoms with Gasteiger partial charge in [0.25, 0.3) is 0 Å². The van der Waals surface area contributed by atoms with Crippen LogP contribution in [-0.2, 0) is 16.0 Å². The van der Waals surface area contributed by atoms with Gasteiger partial charge >= 0.3 is 0 Å². The number of nitrogens with zero attached hydrogens (tertiary/aromatic N) is 2. The van der Waals surface area contributed by atoms with Gasteiger partial charge in [0.05, 0.1) is 11.0 Å². The molecule has 4 nitrogen and oxygen atoms in total. The lowest BCUT2D eigenvalue weighted by Gasteiger charge is -2.32. The van der Waals surface area contributed by atoms with E-state index in [1.54, 1.807) is 24.3 Å².